The van der Waals surface area contributed by atoms with Gasteiger partial charge in [0.25, 0.3) is 0 Å². The molecule has 2 bridgehead atoms. The zero-order valence-corrected chi connectivity index (χ0v) is 17.8. The van der Waals surface area contributed by atoms with Crippen molar-refractivity contribution < 1.29 is 13.2 Å². The molecule has 2 aromatic carbocycles. The Hall–Kier alpha value is -1.93. The molecule has 2 aliphatic rings. The van der Waals surface area contributed by atoms with Crippen LogP contribution in [-0.4, -0.2) is 55.2 Å². The number of anilines is 1. The number of benzene rings is 2. The van der Waals surface area contributed by atoms with Crippen LogP contribution >= 0.6 is 11.6 Å². The average molecular weight is 434 g/mol. The quantitative estimate of drug-likeness (QED) is 0.786. The highest BCUT2D eigenvalue weighted by molar-refractivity contribution is 7.89. The van der Waals surface area contributed by atoms with E-state index in [2.05, 4.69) is 10.2 Å². The molecule has 2 aromatic rings. The van der Waals surface area contributed by atoms with E-state index >= 15 is 0 Å². The summed E-state index contributed by atoms with van der Waals surface area (Å²) in [6.07, 6.45) is 1.59. The predicted molar refractivity (Wildman–Crippen MR) is 114 cm³/mol. The predicted octanol–water partition coefficient (Wildman–Crippen LogP) is 3.12. The first kappa shape index (κ1) is 20.3. The number of carbonyl (C=O) groups excluding carboxylic acids is 1. The number of likely N-dealkylation sites (tertiary alicyclic amines) is 1. The summed E-state index contributed by atoms with van der Waals surface area (Å²) in [5, 5.41) is 3.19. The van der Waals surface area contributed by atoms with E-state index in [1.165, 1.54) is 0 Å². The Morgan fingerprint density at radius 2 is 1.69 bits per heavy atom. The van der Waals surface area contributed by atoms with Gasteiger partial charge < -0.3 is 5.32 Å². The van der Waals surface area contributed by atoms with Crippen molar-refractivity contribution in [3.8, 4) is 0 Å². The lowest BCUT2D eigenvalue weighted by Crippen LogP contribution is -2.56. The number of nitrogens with one attached hydrogen (secondary N) is 1. The minimum absolute atomic E-state index is 0.0823. The van der Waals surface area contributed by atoms with Crippen molar-refractivity contribution in [1.29, 1.82) is 0 Å². The molecule has 2 saturated heterocycles. The normalized spacial score (nSPS) is 22.6. The first-order chi connectivity index (χ1) is 13.9. The average Bonchev–Trinajstić information content (AvgIpc) is 2.96. The van der Waals surface area contributed by atoms with E-state index in [-0.39, 0.29) is 34.5 Å². The highest BCUT2D eigenvalue weighted by atomic mass is 35.5. The molecular weight excluding hydrogens is 410 g/mol. The first-order valence-corrected chi connectivity index (χ1v) is 11.5. The van der Waals surface area contributed by atoms with Gasteiger partial charge in [-0.25, -0.2) is 8.42 Å². The molecule has 1 amide bonds. The minimum Gasteiger partial charge on any atom is -0.325 e. The van der Waals surface area contributed by atoms with Gasteiger partial charge in [0.05, 0.1) is 11.6 Å². The van der Waals surface area contributed by atoms with Crippen molar-refractivity contribution in [3.05, 3.63) is 59.1 Å². The van der Waals surface area contributed by atoms with E-state index in [1.807, 2.05) is 31.2 Å². The maximum absolute atomic E-state index is 13.2. The van der Waals surface area contributed by atoms with Gasteiger partial charge in [-0.2, -0.15) is 4.31 Å². The number of nitrogens with zero attached hydrogens (tertiary/aromatic N) is 2. The number of rotatable bonds is 5. The molecule has 154 valence electrons. The maximum Gasteiger partial charge on any atom is 0.245 e. The molecule has 2 fully saturated rings. The maximum atomic E-state index is 13.2. The number of sulfonamides is 1. The van der Waals surface area contributed by atoms with Crippen LogP contribution in [0.25, 0.3) is 0 Å². The molecule has 2 aliphatic heterocycles. The lowest BCUT2D eigenvalue weighted by Gasteiger charge is -2.39. The monoisotopic (exact) mass is 433 g/mol. The summed E-state index contributed by atoms with van der Waals surface area (Å²) >= 11 is 6.16. The van der Waals surface area contributed by atoms with Gasteiger partial charge in [-0.1, -0.05) is 41.9 Å². The van der Waals surface area contributed by atoms with Crippen LogP contribution in [-0.2, 0) is 14.8 Å². The molecule has 0 aromatic heterocycles. The Balaban J connectivity index is 1.45. The van der Waals surface area contributed by atoms with Crippen LogP contribution in [0.3, 0.4) is 0 Å². The minimum atomic E-state index is -3.66. The molecule has 0 spiro atoms. The molecule has 6 nitrogen and oxygen atoms in total. The van der Waals surface area contributed by atoms with Crippen LogP contribution in [0.1, 0.15) is 18.4 Å². The number of hydrogen-bond donors (Lipinski definition) is 1. The molecule has 0 radical (unpaired) electrons. The molecular formula is C21H24ClN3O3S. The third-order valence-corrected chi connectivity index (χ3v) is 8.17. The van der Waals surface area contributed by atoms with Crippen LogP contribution < -0.4 is 5.32 Å². The number of fused-ring (bicyclic) bond motifs is 2. The molecule has 2 heterocycles. The SMILES string of the molecule is Cc1ccccc1NC(=O)CN1CC2CCC(C1)N2S(=O)(=O)c1ccccc1Cl. The molecule has 8 heteroatoms. The summed E-state index contributed by atoms with van der Waals surface area (Å²) in [6.45, 7) is 3.29. The zero-order chi connectivity index (χ0) is 20.6. The van der Waals surface area contributed by atoms with Gasteiger partial charge in [0, 0.05) is 30.9 Å². The van der Waals surface area contributed by atoms with Crippen LogP contribution in [0, 0.1) is 6.92 Å². The molecule has 2 unspecified atom stereocenters. The molecule has 2 atom stereocenters. The number of aryl methyl sites for hydroxylation is 1. The Bertz CT molecular complexity index is 1010. The number of para-hydroxylation sites is 1. The van der Waals surface area contributed by atoms with E-state index in [4.69, 9.17) is 11.6 Å². The highest BCUT2D eigenvalue weighted by Gasteiger charge is 2.47. The van der Waals surface area contributed by atoms with Crippen LogP contribution in [0.4, 0.5) is 5.69 Å². The lowest BCUT2D eigenvalue weighted by molar-refractivity contribution is -0.117. The number of hydrogen-bond acceptors (Lipinski definition) is 4. The zero-order valence-electron chi connectivity index (χ0n) is 16.2. The summed E-state index contributed by atoms with van der Waals surface area (Å²) in [4.78, 5) is 14.7. The molecule has 0 saturated carbocycles. The van der Waals surface area contributed by atoms with Crippen LogP contribution in [0.15, 0.2) is 53.4 Å². The van der Waals surface area contributed by atoms with Crippen molar-refractivity contribution in [2.45, 2.75) is 36.7 Å². The second kappa shape index (κ2) is 8.07. The van der Waals surface area contributed by atoms with E-state index in [1.54, 1.807) is 28.6 Å². The number of amides is 1. The largest absolute Gasteiger partial charge is 0.325 e. The van der Waals surface area contributed by atoms with E-state index in [0.29, 0.717) is 13.1 Å². The van der Waals surface area contributed by atoms with Crippen molar-refractivity contribution >= 4 is 33.2 Å². The Labute approximate surface area is 176 Å². The van der Waals surface area contributed by atoms with Crippen LogP contribution in [0.5, 0.6) is 0 Å². The van der Waals surface area contributed by atoms with Gasteiger partial charge in [-0.05, 0) is 43.5 Å². The number of halogens is 1. The summed E-state index contributed by atoms with van der Waals surface area (Å²) in [7, 11) is -3.66. The fourth-order valence-electron chi connectivity index (χ4n) is 4.35. The van der Waals surface area contributed by atoms with Gasteiger partial charge in [0.2, 0.25) is 15.9 Å². The van der Waals surface area contributed by atoms with E-state index in [9.17, 15) is 13.2 Å². The van der Waals surface area contributed by atoms with Gasteiger partial charge in [0.1, 0.15) is 4.90 Å². The van der Waals surface area contributed by atoms with E-state index in [0.717, 1.165) is 24.1 Å². The van der Waals surface area contributed by atoms with Gasteiger partial charge >= 0.3 is 0 Å². The molecule has 0 aliphatic carbocycles. The number of piperazine rings is 1. The molecule has 4 rings (SSSR count). The smallest absolute Gasteiger partial charge is 0.245 e. The summed E-state index contributed by atoms with van der Waals surface area (Å²) in [6, 6.07) is 13.9. The first-order valence-electron chi connectivity index (χ1n) is 9.72. The van der Waals surface area contributed by atoms with Crippen molar-refractivity contribution in [2.24, 2.45) is 0 Å². The lowest BCUT2D eigenvalue weighted by atomic mass is 10.2. The summed E-state index contributed by atoms with van der Waals surface area (Å²) in [5.41, 5.74) is 1.82. The van der Waals surface area contributed by atoms with Crippen LogP contribution in [0.2, 0.25) is 5.02 Å². The second-order valence-corrected chi connectivity index (χ2v) is 9.93. The fourth-order valence-corrected chi connectivity index (χ4v) is 6.70. The Kier molecular flexibility index (Phi) is 5.66. The Morgan fingerprint density at radius 3 is 2.34 bits per heavy atom. The third kappa shape index (κ3) is 4.05. The second-order valence-electron chi connectivity index (χ2n) is 7.71. The van der Waals surface area contributed by atoms with Crippen molar-refractivity contribution in [1.82, 2.24) is 9.21 Å². The topological polar surface area (TPSA) is 69.7 Å². The molecule has 29 heavy (non-hydrogen) atoms. The molecule has 1 N–H and O–H groups in total. The Morgan fingerprint density at radius 1 is 1.07 bits per heavy atom. The summed E-state index contributed by atoms with van der Waals surface area (Å²) in [5.74, 6) is -0.0823. The van der Waals surface area contributed by atoms with E-state index < -0.39 is 10.0 Å². The standard InChI is InChI=1S/C21H24ClN3O3S/c1-15-6-2-4-8-19(15)23-21(26)14-24-12-16-10-11-17(13-24)25(16)29(27,28)20-9-5-3-7-18(20)22/h2-9,16-17H,10-14H2,1H3,(H,23,26). The van der Waals surface area contributed by atoms with Gasteiger partial charge in [-0.15, -0.1) is 0 Å². The van der Waals surface area contributed by atoms with Crippen molar-refractivity contribution in [3.63, 3.8) is 0 Å². The number of carbonyl (C=O) groups is 1. The highest BCUT2D eigenvalue weighted by Crippen LogP contribution is 2.37. The fraction of sp³-hybridized carbons (Fsp3) is 0.381. The third-order valence-electron chi connectivity index (χ3n) is 5.67. The summed E-state index contributed by atoms with van der Waals surface area (Å²) < 4.78 is 28.1. The van der Waals surface area contributed by atoms with Gasteiger partial charge in [0.15, 0.2) is 0 Å². The van der Waals surface area contributed by atoms with Crippen molar-refractivity contribution in [2.75, 3.05) is 25.0 Å². The van der Waals surface area contributed by atoms with Gasteiger partial charge in [-0.3, -0.25) is 9.69 Å².